The molecule has 3 N–H and O–H groups in total. The molecule has 10 nitrogen and oxygen atoms in total. The number of ether oxygens (including phenoxy) is 2. The van der Waals surface area contributed by atoms with Crippen LogP contribution in [0.1, 0.15) is 13.2 Å². The summed E-state index contributed by atoms with van der Waals surface area (Å²) in [5.41, 5.74) is -0.114. The van der Waals surface area contributed by atoms with Gasteiger partial charge in [0.25, 0.3) is 5.56 Å². The van der Waals surface area contributed by atoms with Crippen LogP contribution >= 0.6 is 0 Å². The van der Waals surface area contributed by atoms with Gasteiger partial charge in [0, 0.05) is 6.92 Å². The largest absolute Gasteiger partial charge is 0.455 e. The van der Waals surface area contributed by atoms with Crippen LogP contribution in [-0.4, -0.2) is 60.6 Å². The zero-order valence-corrected chi connectivity index (χ0v) is 11.5. The first-order valence-electron chi connectivity index (χ1n) is 6.54. The highest BCUT2D eigenvalue weighted by Crippen LogP contribution is 2.33. The second kappa shape index (κ2) is 5.48. The van der Waals surface area contributed by atoms with Gasteiger partial charge in [0.2, 0.25) is 0 Å². The molecule has 118 valence electrons. The Morgan fingerprint density at radius 1 is 1.55 bits per heavy atom. The number of hydrogen-bond acceptors (Lipinski definition) is 8. The van der Waals surface area contributed by atoms with Crippen molar-refractivity contribution in [1.29, 1.82) is 0 Å². The van der Waals surface area contributed by atoms with Gasteiger partial charge in [0.15, 0.2) is 23.5 Å². The number of hydrogen-bond donors (Lipinski definition) is 3. The van der Waals surface area contributed by atoms with Gasteiger partial charge in [-0.15, -0.1) is 0 Å². The van der Waals surface area contributed by atoms with E-state index in [1.807, 2.05) is 0 Å². The number of carbonyl (C=O) groups excluding carboxylic acids is 1. The summed E-state index contributed by atoms with van der Waals surface area (Å²) < 4.78 is 12.0. The second-order valence-corrected chi connectivity index (χ2v) is 4.87. The molecule has 4 atom stereocenters. The summed E-state index contributed by atoms with van der Waals surface area (Å²) in [4.78, 5) is 33.2. The molecular weight excluding hydrogens is 296 g/mol. The molecule has 1 fully saturated rings. The first-order valence-corrected chi connectivity index (χ1v) is 6.54. The molecule has 1 aliphatic heterocycles. The van der Waals surface area contributed by atoms with Crippen molar-refractivity contribution < 1.29 is 24.5 Å². The molecule has 0 unspecified atom stereocenters. The van der Waals surface area contributed by atoms with Crippen LogP contribution in [0.15, 0.2) is 17.4 Å². The van der Waals surface area contributed by atoms with Crippen molar-refractivity contribution in [2.24, 2.45) is 0 Å². The highest BCUT2D eigenvalue weighted by molar-refractivity contribution is 5.69. The third-order valence-electron chi connectivity index (χ3n) is 3.43. The number of aromatic nitrogens is 4. The quantitative estimate of drug-likeness (QED) is 0.570. The van der Waals surface area contributed by atoms with Crippen LogP contribution in [0.2, 0.25) is 0 Å². The van der Waals surface area contributed by atoms with Crippen LogP contribution in [0.25, 0.3) is 11.2 Å². The zero-order chi connectivity index (χ0) is 15.9. The number of esters is 1. The highest BCUT2D eigenvalue weighted by atomic mass is 16.6. The number of H-pyrrole nitrogens is 1. The Kier molecular flexibility index (Phi) is 3.64. The second-order valence-electron chi connectivity index (χ2n) is 4.87. The zero-order valence-electron chi connectivity index (χ0n) is 11.5. The van der Waals surface area contributed by atoms with E-state index in [4.69, 9.17) is 9.47 Å². The molecular formula is C12H14N4O6. The van der Waals surface area contributed by atoms with Crippen molar-refractivity contribution in [2.45, 2.75) is 31.5 Å². The maximum absolute atomic E-state index is 11.7. The van der Waals surface area contributed by atoms with Crippen LogP contribution < -0.4 is 5.56 Å². The lowest BCUT2D eigenvalue weighted by molar-refractivity contribution is -0.155. The lowest BCUT2D eigenvalue weighted by atomic mass is 10.1. The first kappa shape index (κ1) is 14.6. The van der Waals surface area contributed by atoms with Crippen LogP contribution in [0.5, 0.6) is 0 Å². The number of nitrogens with one attached hydrogen (secondary N) is 1. The summed E-state index contributed by atoms with van der Waals surface area (Å²) >= 11 is 0. The van der Waals surface area contributed by atoms with Crippen molar-refractivity contribution in [2.75, 3.05) is 6.61 Å². The van der Waals surface area contributed by atoms with E-state index in [9.17, 15) is 19.8 Å². The molecule has 2 aromatic heterocycles. The van der Waals surface area contributed by atoms with Crippen LogP contribution in [-0.2, 0) is 14.3 Å². The summed E-state index contributed by atoms with van der Waals surface area (Å²) in [5.74, 6) is -0.605. The molecule has 0 bridgehead atoms. The highest BCUT2D eigenvalue weighted by Gasteiger charge is 2.47. The topological polar surface area (TPSA) is 140 Å². The minimum Gasteiger partial charge on any atom is -0.455 e. The summed E-state index contributed by atoms with van der Waals surface area (Å²) in [6.07, 6.45) is -1.62. The molecule has 10 heteroatoms. The smallest absolute Gasteiger partial charge is 0.303 e. The first-order chi connectivity index (χ1) is 10.5. The SMILES string of the molecule is CC(=O)O[C@@H]1[C@H](O)[C@@H](CO)O[C@H]1n1cnc2c(=O)[nH]cnc21. The molecule has 3 rings (SSSR count). The predicted octanol–water partition coefficient (Wildman–Crippen LogP) is -1.70. The molecule has 2 aromatic rings. The fourth-order valence-corrected chi connectivity index (χ4v) is 2.46. The van der Waals surface area contributed by atoms with E-state index >= 15 is 0 Å². The predicted molar refractivity (Wildman–Crippen MR) is 70.7 cm³/mol. The Morgan fingerprint density at radius 3 is 3.00 bits per heavy atom. The van der Waals surface area contributed by atoms with E-state index in [-0.39, 0.29) is 11.2 Å². The lowest BCUT2D eigenvalue weighted by Gasteiger charge is -2.21. The van der Waals surface area contributed by atoms with E-state index in [0.29, 0.717) is 0 Å². The summed E-state index contributed by atoms with van der Waals surface area (Å²) in [6, 6.07) is 0. The van der Waals surface area contributed by atoms with Crippen molar-refractivity contribution >= 4 is 17.1 Å². The average Bonchev–Trinajstić information content (AvgIpc) is 3.02. The number of imidazole rings is 1. The Balaban J connectivity index is 2.05. The van der Waals surface area contributed by atoms with E-state index < -0.39 is 42.7 Å². The molecule has 0 amide bonds. The number of aliphatic hydroxyl groups excluding tert-OH is 2. The van der Waals surface area contributed by atoms with Crippen LogP contribution in [0.4, 0.5) is 0 Å². The number of aromatic amines is 1. The van der Waals surface area contributed by atoms with Gasteiger partial charge in [0.1, 0.15) is 12.2 Å². The van der Waals surface area contributed by atoms with Crippen molar-refractivity contribution in [3.8, 4) is 0 Å². The third-order valence-corrected chi connectivity index (χ3v) is 3.43. The van der Waals surface area contributed by atoms with Crippen molar-refractivity contribution in [3.05, 3.63) is 23.0 Å². The van der Waals surface area contributed by atoms with Crippen LogP contribution in [0, 0.1) is 0 Å². The fraction of sp³-hybridized carbons (Fsp3) is 0.500. The molecule has 0 spiro atoms. The molecule has 22 heavy (non-hydrogen) atoms. The third kappa shape index (κ3) is 2.26. The Labute approximate surface area is 123 Å². The average molecular weight is 310 g/mol. The Morgan fingerprint density at radius 2 is 2.32 bits per heavy atom. The van der Waals surface area contributed by atoms with Gasteiger partial charge in [-0.05, 0) is 0 Å². The molecule has 0 radical (unpaired) electrons. The monoisotopic (exact) mass is 310 g/mol. The van der Waals surface area contributed by atoms with E-state index in [2.05, 4.69) is 15.0 Å². The summed E-state index contributed by atoms with van der Waals surface area (Å²) in [5, 5.41) is 19.3. The lowest BCUT2D eigenvalue weighted by Crippen LogP contribution is -2.36. The molecule has 1 saturated heterocycles. The molecule has 1 aliphatic rings. The molecule has 0 saturated carbocycles. The van der Waals surface area contributed by atoms with E-state index in [1.54, 1.807) is 0 Å². The Hall–Kier alpha value is -2.30. The maximum Gasteiger partial charge on any atom is 0.303 e. The number of nitrogens with zero attached hydrogens (tertiary/aromatic N) is 3. The van der Waals surface area contributed by atoms with Crippen molar-refractivity contribution in [3.63, 3.8) is 0 Å². The number of aliphatic hydroxyl groups is 2. The molecule has 0 aromatic carbocycles. The fourth-order valence-electron chi connectivity index (χ4n) is 2.46. The summed E-state index contributed by atoms with van der Waals surface area (Å²) in [6.45, 7) is 0.751. The summed E-state index contributed by atoms with van der Waals surface area (Å²) in [7, 11) is 0. The number of fused-ring (bicyclic) bond motifs is 1. The van der Waals surface area contributed by atoms with Gasteiger partial charge < -0.3 is 24.7 Å². The molecule has 3 heterocycles. The van der Waals surface area contributed by atoms with Gasteiger partial charge in [0.05, 0.1) is 19.3 Å². The van der Waals surface area contributed by atoms with Gasteiger partial charge in [-0.1, -0.05) is 0 Å². The van der Waals surface area contributed by atoms with E-state index in [1.165, 1.54) is 24.1 Å². The normalized spacial score (nSPS) is 28.1. The van der Waals surface area contributed by atoms with E-state index in [0.717, 1.165) is 0 Å². The Bertz CT molecular complexity index is 755. The minimum absolute atomic E-state index is 0.0922. The van der Waals surface area contributed by atoms with Gasteiger partial charge in [-0.3, -0.25) is 14.2 Å². The molecule has 0 aliphatic carbocycles. The number of rotatable bonds is 3. The van der Waals surface area contributed by atoms with Crippen LogP contribution in [0.3, 0.4) is 0 Å². The standard InChI is InChI=1S/C12H14N4O6/c1-5(18)21-9-8(19)6(2-17)22-12(9)16-4-15-7-10(16)13-3-14-11(7)20/h3-4,6,8-9,12,17,19H,2H2,1H3,(H,13,14,20)/t6-,8-,9-,12-/m1/s1. The maximum atomic E-state index is 11.7. The van der Waals surface area contributed by atoms with Gasteiger partial charge in [-0.2, -0.15) is 0 Å². The van der Waals surface area contributed by atoms with Gasteiger partial charge >= 0.3 is 5.97 Å². The van der Waals surface area contributed by atoms with Gasteiger partial charge in [-0.25, -0.2) is 9.97 Å². The van der Waals surface area contributed by atoms with Crippen molar-refractivity contribution in [1.82, 2.24) is 19.5 Å². The minimum atomic E-state index is -1.21. The number of carbonyl (C=O) groups is 1.